The highest BCUT2D eigenvalue weighted by atomic mass is 35.5. The smallest absolute Gasteiger partial charge is 0.332 e. The summed E-state index contributed by atoms with van der Waals surface area (Å²) in [5.41, 5.74) is 2.95. The van der Waals surface area contributed by atoms with Crippen molar-refractivity contribution in [2.75, 3.05) is 7.11 Å². The van der Waals surface area contributed by atoms with Crippen molar-refractivity contribution in [2.45, 2.75) is 41.6 Å². The molecule has 0 aliphatic heterocycles. The molecule has 0 saturated heterocycles. The Morgan fingerprint density at radius 3 is 2.12 bits per heavy atom. The van der Waals surface area contributed by atoms with Crippen molar-refractivity contribution in [1.29, 1.82) is 0 Å². The molecule has 0 heterocycles. The molecule has 0 spiro atoms. The van der Waals surface area contributed by atoms with Gasteiger partial charge in [-0.15, -0.1) is 0 Å². The number of nitrogens with zero attached hydrogens (tertiary/aromatic N) is 2. The van der Waals surface area contributed by atoms with Gasteiger partial charge in [0, 0.05) is 45.8 Å². The molecule has 0 N–H and O–H groups in total. The molecular formula is C32H29ClN2O5S. The molecule has 0 radical (unpaired) electrons. The lowest BCUT2D eigenvalue weighted by Crippen LogP contribution is -2.55. The highest BCUT2D eigenvalue weighted by Crippen LogP contribution is 2.38. The van der Waals surface area contributed by atoms with Gasteiger partial charge >= 0.3 is 5.97 Å². The van der Waals surface area contributed by atoms with E-state index in [0.717, 1.165) is 32.9 Å². The number of rotatable bonds is 8. The Labute approximate surface area is 248 Å². The van der Waals surface area contributed by atoms with Crippen LogP contribution in [-0.2, 0) is 33.7 Å². The average Bonchev–Trinajstić information content (AvgIpc) is 3.38. The molecule has 0 bridgehead atoms. The van der Waals surface area contributed by atoms with Gasteiger partial charge in [0.05, 0.1) is 12.0 Å². The lowest BCUT2D eigenvalue weighted by Gasteiger charge is -2.36. The molecule has 1 amide bonds. The van der Waals surface area contributed by atoms with Gasteiger partial charge in [0.1, 0.15) is 5.54 Å². The maximum Gasteiger partial charge on any atom is 0.332 e. The summed E-state index contributed by atoms with van der Waals surface area (Å²) in [6.07, 6.45) is 1.66. The Kier molecular flexibility index (Phi) is 9.81. The summed E-state index contributed by atoms with van der Waals surface area (Å²) in [5.74, 6) is -0.390. The van der Waals surface area contributed by atoms with E-state index in [1.807, 2.05) is 72.8 Å². The third-order valence-electron chi connectivity index (χ3n) is 6.99. The fraction of sp³-hybridized carbons (Fsp3) is 0.188. The van der Waals surface area contributed by atoms with Gasteiger partial charge in [-0.05, 0) is 53.9 Å². The second kappa shape index (κ2) is 13.5. The summed E-state index contributed by atoms with van der Waals surface area (Å²) in [4.78, 5) is 38.8. The van der Waals surface area contributed by atoms with Crippen LogP contribution < -0.4 is 0 Å². The number of nitro groups is 1. The molecule has 41 heavy (non-hydrogen) atoms. The van der Waals surface area contributed by atoms with E-state index in [4.69, 9.17) is 16.3 Å². The number of esters is 1. The van der Waals surface area contributed by atoms with Crippen molar-refractivity contribution < 1.29 is 19.2 Å². The number of aryl methyl sites for hydroxylation is 1. The largest absolute Gasteiger partial charge is 0.467 e. The van der Waals surface area contributed by atoms with Gasteiger partial charge in [0.15, 0.2) is 0 Å². The van der Waals surface area contributed by atoms with Gasteiger partial charge in [-0.25, -0.2) is 4.79 Å². The quantitative estimate of drug-likeness (QED) is 0.0947. The lowest BCUT2D eigenvalue weighted by molar-refractivity contribution is -0.385. The Hall–Kier alpha value is -4.14. The third kappa shape index (κ3) is 6.96. The molecule has 0 unspecified atom stereocenters. The van der Waals surface area contributed by atoms with Crippen LogP contribution in [-0.4, -0.2) is 34.9 Å². The van der Waals surface area contributed by atoms with E-state index in [9.17, 15) is 19.7 Å². The van der Waals surface area contributed by atoms with Crippen LogP contribution in [0, 0.1) is 17.0 Å². The summed E-state index contributed by atoms with van der Waals surface area (Å²) >= 11 is 7.61. The van der Waals surface area contributed by atoms with E-state index in [0.29, 0.717) is 30.0 Å². The second-order valence-electron chi connectivity index (χ2n) is 9.59. The normalized spacial score (nSPS) is 12.9. The van der Waals surface area contributed by atoms with Crippen molar-refractivity contribution in [1.82, 2.24) is 4.90 Å². The number of benzene rings is 4. The molecule has 0 fully saturated rings. The van der Waals surface area contributed by atoms with Gasteiger partial charge < -0.3 is 9.64 Å². The van der Waals surface area contributed by atoms with Crippen LogP contribution in [0.2, 0.25) is 5.02 Å². The molecule has 7 nitrogen and oxygen atoms in total. The van der Waals surface area contributed by atoms with E-state index in [1.165, 1.54) is 13.2 Å². The highest BCUT2D eigenvalue weighted by molar-refractivity contribution is 7.99. The van der Waals surface area contributed by atoms with Crippen LogP contribution in [0.1, 0.15) is 22.3 Å². The number of hydrogen-bond acceptors (Lipinski definition) is 6. The number of carbonyl (C=O) groups excluding carboxylic acids is 2. The van der Waals surface area contributed by atoms with Crippen molar-refractivity contribution in [3.63, 3.8) is 0 Å². The van der Waals surface area contributed by atoms with Crippen LogP contribution in [0.15, 0.2) is 107 Å². The fourth-order valence-corrected chi connectivity index (χ4v) is 5.92. The molecule has 4 aromatic rings. The molecular weight excluding hydrogens is 560 g/mol. The van der Waals surface area contributed by atoms with Crippen LogP contribution >= 0.6 is 23.4 Å². The number of amides is 1. The zero-order valence-corrected chi connectivity index (χ0v) is 24.2. The molecule has 210 valence electrons. The molecule has 9 heteroatoms. The van der Waals surface area contributed by atoms with Crippen molar-refractivity contribution in [2.24, 2.45) is 0 Å². The van der Waals surface area contributed by atoms with E-state index < -0.39 is 11.5 Å². The Morgan fingerprint density at radius 2 is 1.56 bits per heavy atom. The average molecular weight is 589 g/mol. The van der Waals surface area contributed by atoms with Crippen molar-refractivity contribution in [3.8, 4) is 0 Å². The van der Waals surface area contributed by atoms with Crippen LogP contribution in [0.25, 0.3) is 0 Å². The maximum absolute atomic E-state index is 13.0. The Bertz CT molecular complexity index is 1520. The summed E-state index contributed by atoms with van der Waals surface area (Å²) in [6.45, 7) is 2.03. The van der Waals surface area contributed by atoms with Crippen molar-refractivity contribution >= 4 is 41.4 Å². The maximum atomic E-state index is 13.0. The zero-order valence-electron chi connectivity index (χ0n) is 22.7. The SMILES string of the molecule is COC(=O)C1(N(C=O)Cc2ccccc2Sc2ccc(Cl)cc2)Cc2ccccc2C1.Cc1ccccc1[N+](=O)[O-]. The number of hydrogen-bond donors (Lipinski definition) is 0. The second-order valence-corrected chi connectivity index (χ2v) is 11.1. The summed E-state index contributed by atoms with van der Waals surface area (Å²) < 4.78 is 5.17. The standard InChI is InChI=1S/C25H22ClNO3S.C7H7NO2/c1-30-24(29)25(14-18-6-2-3-7-19(18)15-25)27(17-28)16-20-8-4-5-9-23(20)31-22-12-10-21(26)11-13-22;1-6-4-2-3-5-7(6)8(9)10/h2-13,17H,14-16H2,1H3;2-5H,1H3. The number of fused-ring (bicyclic) bond motifs is 1. The van der Waals surface area contributed by atoms with E-state index in [-0.39, 0.29) is 10.6 Å². The number of methoxy groups -OCH3 is 1. The molecule has 5 rings (SSSR count). The predicted molar refractivity (Wildman–Crippen MR) is 160 cm³/mol. The fourth-order valence-electron chi connectivity index (χ4n) is 4.85. The van der Waals surface area contributed by atoms with E-state index in [1.54, 1.807) is 41.8 Å². The van der Waals surface area contributed by atoms with Gasteiger partial charge in [-0.2, -0.15) is 0 Å². The molecule has 0 atom stereocenters. The van der Waals surface area contributed by atoms with Gasteiger partial charge in [0.2, 0.25) is 6.41 Å². The van der Waals surface area contributed by atoms with Crippen LogP contribution in [0.4, 0.5) is 5.69 Å². The van der Waals surface area contributed by atoms with Gasteiger partial charge in [-0.3, -0.25) is 14.9 Å². The third-order valence-corrected chi connectivity index (χ3v) is 8.37. The zero-order chi connectivity index (χ0) is 29.4. The summed E-state index contributed by atoms with van der Waals surface area (Å²) in [7, 11) is 1.38. The minimum Gasteiger partial charge on any atom is -0.467 e. The number of ether oxygens (including phenoxy) is 1. The van der Waals surface area contributed by atoms with Crippen LogP contribution in [0.5, 0.6) is 0 Å². The summed E-state index contributed by atoms with van der Waals surface area (Å²) in [6, 6.07) is 30.1. The molecule has 1 aliphatic rings. The first-order valence-electron chi connectivity index (χ1n) is 12.9. The monoisotopic (exact) mass is 588 g/mol. The number of nitro benzene ring substituents is 1. The Balaban J connectivity index is 0.000000328. The first kappa shape index (κ1) is 29.8. The summed E-state index contributed by atoms with van der Waals surface area (Å²) in [5, 5.41) is 10.9. The number of carbonyl (C=O) groups is 2. The van der Waals surface area contributed by atoms with E-state index in [2.05, 4.69) is 0 Å². The lowest BCUT2D eigenvalue weighted by atomic mass is 9.93. The first-order chi connectivity index (χ1) is 19.8. The van der Waals surface area contributed by atoms with Gasteiger partial charge in [0.25, 0.3) is 5.69 Å². The minimum absolute atomic E-state index is 0.183. The number of halogens is 1. The molecule has 4 aromatic carbocycles. The van der Waals surface area contributed by atoms with Gasteiger partial charge in [-0.1, -0.05) is 84.0 Å². The predicted octanol–water partition coefficient (Wildman–Crippen LogP) is 7.06. The number of para-hydroxylation sites is 1. The Morgan fingerprint density at radius 1 is 0.976 bits per heavy atom. The molecule has 1 aliphatic carbocycles. The topological polar surface area (TPSA) is 89.8 Å². The van der Waals surface area contributed by atoms with Crippen LogP contribution in [0.3, 0.4) is 0 Å². The first-order valence-corrected chi connectivity index (χ1v) is 14.1. The highest BCUT2D eigenvalue weighted by Gasteiger charge is 2.49. The minimum atomic E-state index is -1.04. The molecule has 0 saturated carbocycles. The van der Waals surface area contributed by atoms with Crippen molar-refractivity contribution in [3.05, 3.63) is 134 Å². The molecule has 0 aromatic heterocycles. The van der Waals surface area contributed by atoms with E-state index >= 15 is 0 Å².